The van der Waals surface area contributed by atoms with Crippen molar-refractivity contribution in [2.45, 2.75) is 30.7 Å². The van der Waals surface area contributed by atoms with Crippen LogP contribution in [0, 0.1) is 6.92 Å². The Kier molecular flexibility index (Phi) is 8.03. The van der Waals surface area contributed by atoms with Gasteiger partial charge in [-0.3, -0.25) is 0 Å². The molecular weight excluding hydrogens is 482 g/mol. The van der Waals surface area contributed by atoms with Crippen molar-refractivity contribution in [3.05, 3.63) is 34.8 Å². The highest BCUT2D eigenvalue weighted by molar-refractivity contribution is 7.99. The van der Waals surface area contributed by atoms with E-state index in [0.29, 0.717) is 34.7 Å². The number of thioether (sulfide) groups is 1. The van der Waals surface area contributed by atoms with Crippen LogP contribution < -0.4 is 20.9 Å². The van der Waals surface area contributed by atoms with Crippen molar-refractivity contribution in [2.24, 2.45) is 0 Å². The highest BCUT2D eigenvalue weighted by atomic mass is 32.2. The molecule has 0 aliphatic carbocycles. The maximum Gasteiger partial charge on any atom is 0.192 e. The Morgan fingerprint density at radius 3 is 2.45 bits per heavy atom. The van der Waals surface area contributed by atoms with E-state index in [2.05, 4.69) is 9.97 Å². The molecule has 2 aromatic heterocycles. The van der Waals surface area contributed by atoms with Gasteiger partial charge in [-0.05, 0) is 38.5 Å². The number of aromatic nitrogens is 3. The van der Waals surface area contributed by atoms with Gasteiger partial charge in [0.1, 0.15) is 26.5 Å². The van der Waals surface area contributed by atoms with Crippen molar-refractivity contribution in [1.82, 2.24) is 15.0 Å². The largest absolute Gasteiger partial charge is 0.493 e. The van der Waals surface area contributed by atoms with E-state index < -0.39 is 9.84 Å². The van der Waals surface area contributed by atoms with E-state index in [9.17, 15) is 8.42 Å². The van der Waals surface area contributed by atoms with Gasteiger partial charge in [-0.15, -0.1) is 11.3 Å². The first-order chi connectivity index (χ1) is 15.6. The smallest absolute Gasteiger partial charge is 0.192 e. The predicted octanol–water partition coefficient (Wildman–Crippen LogP) is 3.75. The van der Waals surface area contributed by atoms with Crippen molar-refractivity contribution in [2.75, 3.05) is 37.2 Å². The topological polar surface area (TPSA) is 143 Å². The molecule has 0 saturated carbocycles. The van der Waals surface area contributed by atoms with Gasteiger partial charge in [0, 0.05) is 22.8 Å². The molecule has 0 bridgehead atoms. The van der Waals surface area contributed by atoms with E-state index in [4.69, 9.17) is 25.9 Å². The lowest BCUT2D eigenvalue weighted by molar-refractivity contribution is 0.295. The molecule has 3 rings (SSSR count). The minimum atomic E-state index is -3.03. The highest BCUT2D eigenvalue weighted by Crippen LogP contribution is 2.40. The van der Waals surface area contributed by atoms with Crippen molar-refractivity contribution in [1.29, 1.82) is 0 Å². The molecule has 4 N–H and O–H groups in total. The van der Waals surface area contributed by atoms with Gasteiger partial charge in [0.05, 0.1) is 30.4 Å². The standard InChI is InChI=1S/C21H27N5O4S3/c1-12-19(13(2)32-21-24-17(22)11-18(23)25-21)26-20(31-12)14-6-7-15(29-3)16(10-14)30-8-5-9-33(4,27)28/h6-7,10-11,13H,5,8-9H2,1-4H3,(H4,22,23,24,25)/t13-/m1/s1. The van der Waals surface area contributed by atoms with Gasteiger partial charge in [0.15, 0.2) is 16.7 Å². The summed E-state index contributed by atoms with van der Waals surface area (Å²) < 4.78 is 33.9. The van der Waals surface area contributed by atoms with Gasteiger partial charge in [-0.25, -0.2) is 23.4 Å². The van der Waals surface area contributed by atoms with Crippen LogP contribution in [0.25, 0.3) is 10.6 Å². The maximum atomic E-state index is 11.3. The zero-order chi connectivity index (χ0) is 24.2. The Morgan fingerprint density at radius 1 is 1.12 bits per heavy atom. The molecular formula is C21H27N5O4S3. The van der Waals surface area contributed by atoms with Crippen LogP contribution in [0.5, 0.6) is 11.5 Å². The molecule has 0 unspecified atom stereocenters. The third kappa shape index (κ3) is 6.95. The number of nitrogens with two attached hydrogens (primary N) is 2. The Labute approximate surface area is 201 Å². The lowest BCUT2D eigenvalue weighted by Crippen LogP contribution is -2.08. The Bertz CT molecular complexity index is 1210. The summed E-state index contributed by atoms with van der Waals surface area (Å²) in [6.07, 6.45) is 1.61. The highest BCUT2D eigenvalue weighted by Gasteiger charge is 2.19. The number of nitrogen functional groups attached to an aromatic ring is 2. The average Bonchev–Trinajstić information content (AvgIpc) is 3.11. The van der Waals surface area contributed by atoms with Crippen LogP contribution in [0.2, 0.25) is 0 Å². The van der Waals surface area contributed by atoms with Gasteiger partial charge in [-0.1, -0.05) is 11.8 Å². The summed E-state index contributed by atoms with van der Waals surface area (Å²) in [7, 11) is -1.46. The molecule has 0 fully saturated rings. The lowest BCUT2D eigenvalue weighted by atomic mass is 10.2. The second-order valence-corrected chi connectivity index (χ2v) is 12.2. The fraction of sp³-hybridized carbons (Fsp3) is 0.381. The van der Waals surface area contributed by atoms with Crippen molar-refractivity contribution in [3.63, 3.8) is 0 Å². The lowest BCUT2D eigenvalue weighted by Gasteiger charge is -2.12. The molecule has 0 aliphatic rings. The first-order valence-electron chi connectivity index (χ1n) is 10.1. The first-order valence-corrected chi connectivity index (χ1v) is 13.8. The zero-order valence-electron chi connectivity index (χ0n) is 18.9. The second kappa shape index (κ2) is 10.6. The summed E-state index contributed by atoms with van der Waals surface area (Å²) >= 11 is 3.02. The molecule has 3 aromatic rings. The Hall–Kier alpha value is -2.57. The van der Waals surface area contributed by atoms with E-state index in [1.165, 1.54) is 24.1 Å². The fourth-order valence-electron chi connectivity index (χ4n) is 3.06. The van der Waals surface area contributed by atoms with Gasteiger partial charge in [0.2, 0.25) is 0 Å². The summed E-state index contributed by atoms with van der Waals surface area (Å²) in [4.78, 5) is 14.4. The molecule has 2 heterocycles. The molecule has 0 spiro atoms. The minimum absolute atomic E-state index is 0.0128. The number of hydrogen-bond acceptors (Lipinski definition) is 11. The molecule has 178 valence electrons. The molecule has 33 heavy (non-hydrogen) atoms. The molecule has 1 aromatic carbocycles. The third-order valence-electron chi connectivity index (χ3n) is 4.57. The summed E-state index contributed by atoms with van der Waals surface area (Å²) in [5.74, 6) is 1.85. The van der Waals surface area contributed by atoms with Gasteiger partial charge < -0.3 is 20.9 Å². The number of aryl methyl sites for hydroxylation is 1. The Morgan fingerprint density at radius 2 is 1.82 bits per heavy atom. The number of ether oxygens (including phenoxy) is 2. The SMILES string of the molecule is COc1ccc(-c2nc([C@@H](C)Sc3nc(N)cc(N)n3)c(C)s2)cc1OCCCS(C)(=O)=O. The summed E-state index contributed by atoms with van der Waals surface area (Å²) in [5.41, 5.74) is 13.4. The van der Waals surface area contributed by atoms with Crippen molar-refractivity contribution >= 4 is 44.6 Å². The van der Waals surface area contributed by atoms with Gasteiger partial charge in [0.25, 0.3) is 0 Å². The maximum absolute atomic E-state index is 11.3. The van der Waals surface area contributed by atoms with Crippen LogP contribution in [0.1, 0.15) is 29.2 Å². The number of methoxy groups -OCH3 is 1. The van der Waals surface area contributed by atoms with Crippen LogP contribution in [0.15, 0.2) is 29.4 Å². The van der Waals surface area contributed by atoms with Gasteiger partial charge >= 0.3 is 0 Å². The summed E-state index contributed by atoms with van der Waals surface area (Å²) in [6, 6.07) is 7.12. The number of sulfone groups is 1. The fourth-order valence-corrected chi connectivity index (χ4v) is 5.76. The van der Waals surface area contributed by atoms with Crippen molar-refractivity contribution in [3.8, 4) is 22.1 Å². The molecule has 0 saturated heterocycles. The van der Waals surface area contributed by atoms with Crippen LogP contribution in [0.4, 0.5) is 11.6 Å². The number of hydrogen-bond donors (Lipinski definition) is 2. The minimum Gasteiger partial charge on any atom is -0.493 e. The molecule has 0 radical (unpaired) electrons. The summed E-state index contributed by atoms with van der Waals surface area (Å²) in [6.45, 7) is 4.32. The van der Waals surface area contributed by atoms with Crippen molar-refractivity contribution < 1.29 is 17.9 Å². The monoisotopic (exact) mass is 509 g/mol. The number of nitrogens with zero attached hydrogens (tertiary/aromatic N) is 3. The summed E-state index contributed by atoms with van der Waals surface area (Å²) in [5, 5.41) is 1.33. The Balaban J connectivity index is 1.78. The van der Waals surface area contributed by atoms with Crippen LogP contribution in [0.3, 0.4) is 0 Å². The first kappa shape index (κ1) is 25.1. The number of anilines is 2. The van der Waals surface area contributed by atoms with Crippen LogP contribution >= 0.6 is 23.1 Å². The third-order valence-corrected chi connectivity index (χ3v) is 7.61. The second-order valence-electron chi connectivity index (χ2n) is 7.42. The number of benzene rings is 1. The van der Waals surface area contributed by atoms with E-state index in [1.807, 2.05) is 32.0 Å². The normalized spacial score (nSPS) is 12.5. The molecule has 9 nitrogen and oxygen atoms in total. The molecule has 12 heteroatoms. The molecule has 0 amide bonds. The quantitative estimate of drug-likeness (QED) is 0.235. The van der Waals surface area contributed by atoms with Crippen LogP contribution in [-0.4, -0.2) is 49.1 Å². The van der Waals surface area contributed by atoms with E-state index in [1.54, 1.807) is 18.4 Å². The number of thiazole rings is 1. The molecule has 0 aliphatic heterocycles. The zero-order valence-corrected chi connectivity index (χ0v) is 21.3. The average molecular weight is 510 g/mol. The van der Waals surface area contributed by atoms with Crippen LogP contribution in [-0.2, 0) is 9.84 Å². The van der Waals surface area contributed by atoms with E-state index >= 15 is 0 Å². The predicted molar refractivity (Wildman–Crippen MR) is 134 cm³/mol. The number of rotatable bonds is 10. The molecule has 1 atom stereocenters. The van der Waals surface area contributed by atoms with E-state index in [-0.39, 0.29) is 17.6 Å². The van der Waals surface area contributed by atoms with Gasteiger partial charge in [-0.2, -0.15) is 0 Å². The van der Waals surface area contributed by atoms with E-state index in [0.717, 1.165) is 21.1 Å².